The summed E-state index contributed by atoms with van der Waals surface area (Å²) in [5.41, 5.74) is 2.70. The fourth-order valence-corrected chi connectivity index (χ4v) is 3.08. The maximum atomic E-state index is 12.5. The largest absolute Gasteiger partial charge is 0.385 e. The van der Waals surface area contributed by atoms with Crippen molar-refractivity contribution < 1.29 is 9.53 Å². The van der Waals surface area contributed by atoms with Gasteiger partial charge in [0.15, 0.2) is 0 Å². The highest BCUT2D eigenvalue weighted by atomic mass is 35.5. The number of nitrogens with zero attached hydrogens (tertiary/aromatic N) is 2. The highest BCUT2D eigenvalue weighted by Crippen LogP contribution is 2.31. The molecular weight excluding hydrogens is 350 g/mol. The van der Waals surface area contributed by atoms with Gasteiger partial charge in [-0.25, -0.2) is 0 Å². The van der Waals surface area contributed by atoms with Crippen LogP contribution in [0.3, 0.4) is 0 Å². The summed E-state index contributed by atoms with van der Waals surface area (Å²) in [4.78, 5) is 12.5. The maximum Gasteiger partial charge on any atom is 0.244 e. The molecule has 1 atom stereocenters. The molecule has 1 amide bonds. The molecule has 1 heterocycles. The molecule has 6 heteroatoms. The normalized spacial score (nSPS) is 12.3. The van der Waals surface area contributed by atoms with Crippen LogP contribution in [0.15, 0.2) is 48.5 Å². The van der Waals surface area contributed by atoms with Crippen molar-refractivity contribution in [1.29, 1.82) is 0 Å². The third-order valence-electron chi connectivity index (χ3n) is 4.29. The average molecular weight is 372 g/mol. The first-order valence-corrected chi connectivity index (χ1v) is 8.99. The molecule has 3 aromatic rings. The molecule has 0 unspecified atom stereocenters. The minimum absolute atomic E-state index is 0.0694. The summed E-state index contributed by atoms with van der Waals surface area (Å²) in [5.74, 6) is -0.0694. The Kier molecular flexibility index (Phi) is 5.91. The summed E-state index contributed by atoms with van der Waals surface area (Å²) in [6, 6.07) is 15.1. The minimum Gasteiger partial charge on any atom is -0.385 e. The van der Waals surface area contributed by atoms with Crippen LogP contribution in [0.5, 0.6) is 0 Å². The lowest BCUT2D eigenvalue weighted by Crippen LogP contribution is -2.32. The van der Waals surface area contributed by atoms with E-state index < -0.39 is 6.04 Å². The number of halogens is 1. The van der Waals surface area contributed by atoms with E-state index in [1.54, 1.807) is 11.8 Å². The molecule has 0 aliphatic rings. The number of fused-ring (bicyclic) bond motifs is 1. The van der Waals surface area contributed by atoms with Gasteiger partial charge in [-0.1, -0.05) is 41.9 Å². The molecule has 26 heavy (non-hydrogen) atoms. The number of rotatable bonds is 7. The Hall–Kier alpha value is -2.37. The van der Waals surface area contributed by atoms with Crippen LogP contribution in [0.4, 0.5) is 0 Å². The Balaban J connectivity index is 1.95. The standard InChI is InChI=1S/C20H22ClN3O2/c1-14(20(25)22-11-6-12-26-2)24-18-10-9-16(21)13-17(18)19(23-24)15-7-4-3-5-8-15/h3-5,7-10,13-14H,6,11-12H2,1-2H3,(H,22,25)/t14-/m0/s1. The van der Waals surface area contributed by atoms with Crippen LogP contribution in [-0.4, -0.2) is 35.9 Å². The molecular formula is C20H22ClN3O2. The molecule has 136 valence electrons. The van der Waals surface area contributed by atoms with Gasteiger partial charge in [0, 0.05) is 36.2 Å². The number of aromatic nitrogens is 2. The smallest absolute Gasteiger partial charge is 0.244 e. The maximum absolute atomic E-state index is 12.5. The van der Waals surface area contributed by atoms with Gasteiger partial charge in [0.05, 0.1) is 5.52 Å². The second kappa shape index (κ2) is 8.34. The Morgan fingerprint density at radius 3 is 2.77 bits per heavy atom. The number of hydrogen-bond donors (Lipinski definition) is 1. The second-order valence-electron chi connectivity index (χ2n) is 6.13. The van der Waals surface area contributed by atoms with Crippen molar-refractivity contribution in [2.45, 2.75) is 19.4 Å². The van der Waals surface area contributed by atoms with Gasteiger partial charge in [0.25, 0.3) is 0 Å². The molecule has 0 saturated carbocycles. The van der Waals surface area contributed by atoms with Crippen LogP contribution in [0.25, 0.3) is 22.2 Å². The highest BCUT2D eigenvalue weighted by molar-refractivity contribution is 6.31. The van der Waals surface area contributed by atoms with Crippen LogP contribution < -0.4 is 5.32 Å². The van der Waals surface area contributed by atoms with Gasteiger partial charge in [0.1, 0.15) is 11.7 Å². The monoisotopic (exact) mass is 371 g/mol. The predicted octanol–water partition coefficient (Wildman–Crippen LogP) is 4.07. The van der Waals surface area contributed by atoms with Crippen LogP contribution in [0, 0.1) is 0 Å². The van der Waals surface area contributed by atoms with E-state index in [9.17, 15) is 4.79 Å². The summed E-state index contributed by atoms with van der Waals surface area (Å²) >= 11 is 6.20. The SMILES string of the molecule is COCCCNC(=O)[C@H](C)n1nc(-c2ccccc2)c2cc(Cl)ccc21. The van der Waals surface area contributed by atoms with Gasteiger partial charge in [-0.05, 0) is 31.5 Å². The zero-order valence-electron chi connectivity index (χ0n) is 14.9. The highest BCUT2D eigenvalue weighted by Gasteiger charge is 2.21. The molecule has 0 saturated heterocycles. The number of methoxy groups -OCH3 is 1. The Morgan fingerprint density at radius 1 is 1.27 bits per heavy atom. The molecule has 0 fully saturated rings. The van der Waals surface area contributed by atoms with E-state index in [4.69, 9.17) is 21.4 Å². The first-order valence-electron chi connectivity index (χ1n) is 8.61. The zero-order chi connectivity index (χ0) is 18.5. The summed E-state index contributed by atoms with van der Waals surface area (Å²) in [5, 5.41) is 9.25. The lowest BCUT2D eigenvalue weighted by Gasteiger charge is -2.14. The predicted molar refractivity (Wildman–Crippen MR) is 104 cm³/mol. The molecule has 3 rings (SSSR count). The van der Waals surface area contributed by atoms with Gasteiger partial charge in [-0.2, -0.15) is 5.10 Å². The van der Waals surface area contributed by atoms with Crippen molar-refractivity contribution in [2.24, 2.45) is 0 Å². The van der Waals surface area contributed by atoms with Crippen molar-refractivity contribution in [3.8, 4) is 11.3 Å². The van der Waals surface area contributed by atoms with E-state index in [0.717, 1.165) is 28.6 Å². The van der Waals surface area contributed by atoms with Crippen LogP contribution >= 0.6 is 11.6 Å². The Labute approximate surface area is 157 Å². The molecule has 0 aliphatic heterocycles. The Morgan fingerprint density at radius 2 is 2.04 bits per heavy atom. The molecule has 1 aromatic heterocycles. The van der Waals surface area contributed by atoms with E-state index in [0.29, 0.717) is 18.2 Å². The van der Waals surface area contributed by atoms with E-state index in [1.807, 2.05) is 55.5 Å². The summed E-state index contributed by atoms with van der Waals surface area (Å²) in [6.07, 6.45) is 0.777. The summed E-state index contributed by atoms with van der Waals surface area (Å²) in [6.45, 7) is 3.05. The van der Waals surface area contributed by atoms with Crippen molar-refractivity contribution in [3.05, 3.63) is 53.6 Å². The zero-order valence-corrected chi connectivity index (χ0v) is 15.7. The number of hydrogen-bond acceptors (Lipinski definition) is 3. The molecule has 0 radical (unpaired) electrons. The quantitative estimate of drug-likeness (QED) is 0.637. The summed E-state index contributed by atoms with van der Waals surface area (Å²) < 4.78 is 6.77. The average Bonchev–Trinajstić information content (AvgIpc) is 3.03. The van der Waals surface area contributed by atoms with Crippen LogP contribution in [0.1, 0.15) is 19.4 Å². The minimum atomic E-state index is -0.432. The van der Waals surface area contributed by atoms with Crippen molar-refractivity contribution in [1.82, 2.24) is 15.1 Å². The lowest BCUT2D eigenvalue weighted by atomic mass is 10.1. The number of carbonyl (C=O) groups is 1. The molecule has 0 aliphatic carbocycles. The van der Waals surface area contributed by atoms with E-state index in [2.05, 4.69) is 5.32 Å². The van der Waals surface area contributed by atoms with E-state index in [-0.39, 0.29) is 5.91 Å². The second-order valence-corrected chi connectivity index (χ2v) is 6.57. The van der Waals surface area contributed by atoms with E-state index >= 15 is 0 Å². The Bertz CT molecular complexity index is 893. The molecule has 0 spiro atoms. The number of ether oxygens (including phenoxy) is 1. The molecule has 5 nitrogen and oxygen atoms in total. The first kappa shape index (κ1) is 18.4. The number of amides is 1. The van der Waals surface area contributed by atoms with Crippen molar-refractivity contribution in [2.75, 3.05) is 20.3 Å². The van der Waals surface area contributed by atoms with Crippen molar-refractivity contribution >= 4 is 28.4 Å². The van der Waals surface area contributed by atoms with Crippen LogP contribution in [-0.2, 0) is 9.53 Å². The number of carbonyl (C=O) groups excluding carboxylic acids is 1. The van der Waals surface area contributed by atoms with Gasteiger partial charge in [-0.3, -0.25) is 9.48 Å². The number of nitrogens with one attached hydrogen (secondary N) is 1. The molecule has 0 bridgehead atoms. The third-order valence-corrected chi connectivity index (χ3v) is 4.52. The van der Waals surface area contributed by atoms with E-state index in [1.165, 1.54) is 0 Å². The van der Waals surface area contributed by atoms with Crippen LogP contribution in [0.2, 0.25) is 5.02 Å². The van der Waals surface area contributed by atoms with Crippen molar-refractivity contribution in [3.63, 3.8) is 0 Å². The molecule has 1 N–H and O–H groups in total. The van der Waals surface area contributed by atoms with Gasteiger partial charge in [0.2, 0.25) is 5.91 Å². The van der Waals surface area contributed by atoms with Gasteiger partial charge >= 0.3 is 0 Å². The topological polar surface area (TPSA) is 56.1 Å². The first-order chi connectivity index (χ1) is 12.6. The van der Waals surface area contributed by atoms with Gasteiger partial charge < -0.3 is 10.1 Å². The fraction of sp³-hybridized carbons (Fsp3) is 0.300. The third kappa shape index (κ3) is 3.89. The van der Waals surface area contributed by atoms with Gasteiger partial charge in [-0.15, -0.1) is 0 Å². The number of benzene rings is 2. The fourth-order valence-electron chi connectivity index (χ4n) is 2.90. The lowest BCUT2D eigenvalue weighted by molar-refractivity contribution is -0.124. The molecule has 2 aromatic carbocycles. The summed E-state index contributed by atoms with van der Waals surface area (Å²) in [7, 11) is 1.65.